The highest BCUT2D eigenvalue weighted by atomic mass is 32.1. The second-order valence-corrected chi connectivity index (χ2v) is 7.07. The van der Waals surface area contributed by atoms with E-state index in [1.165, 1.54) is 0 Å². The van der Waals surface area contributed by atoms with Crippen LogP contribution in [-0.4, -0.2) is 49.6 Å². The molecule has 2 aromatic rings. The summed E-state index contributed by atoms with van der Waals surface area (Å²) in [4.78, 5) is 19.5. The lowest BCUT2D eigenvalue weighted by atomic mass is 10.1. The monoisotopic (exact) mass is 426 g/mol. The largest absolute Gasteiger partial charge is 0.458 e. The van der Waals surface area contributed by atoms with Crippen LogP contribution >= 0.6 is 12.6 Å². The molecule has 7 heteroatoms. The van der Waals surface area contributed by atoms with Gasteiger partial charge in [-0.3, -0.25) is 0 Å². The van der Waals surface area contributed by atoms with Crippen molar-refractivity contribution in [3.8, 4) is 0 Å². The highest BCUT2D eigenvalue weighted by Gasteiger charge is 2.18. The number of carbonyl (C=O) groups is 1. The number of ether oxygens (including phenoxy) is 2. The predicted octanol–water partition coefficient (Wildman–Crippen LogP) is 3.51. The number of hydrogen-bond donors (Lipinski definition) is 1. The van der Waals surface area contributed by atoms with Gasteiger partial charge in [-0.25, -0.2) is 4.79 Å². The van der Waals surface area contributed by atoms with Crippen LogP contribution in [0.4, 0.5) is 0 Å². The number of morpholine rings is 1. The Balaban J connectivity index is 1.58. The number of thiol groups is 1. The standard InChI is InChI=1S/C23H26N2O4S/c1-2-18-3-5-19(6-4-18)15-28-22(26)16-29-24-23(25-11-13-27-14-12-25)21-9-7-20(17-30)8-10-21/h2-10,30H,1,11-17H2/b24-23-. The van der Waals surface area contributed by atoms with E-state index in [2.05, 4.69) is 29.3 Å². The van der Waals surface area contributed by atoms with Gasteiger partial charge in [-0.05, 0) is 16.7 Å². The molecule has 0 amide bonds. The highest BCUT2D eigenvalue weighted by Crippen LogP contribution is 2.12. The Labute approximate surface area is 182 Å². The first-order valence-electron chi connectivity index (χ1n) is 9.79. The molecular weight excluding hydrogens is 400 g/mol. The van der Waals surface area contributed by atoms with Crippen molar-refractivity contribution in [2.45, 2.75) is 12.4 Å². The lowest BCUT2D eigenvalue weighted by Gasteiger charge is -2.29. The van der Waals surface area contributed by atoms with Crippen molar-refractivity contribution in [1.82, 2.24) is 4.90 Å². The van der Waals surface area contributed by atoms with Gasteiger partial charge < -0.3 is 19.2 Å². The first-order chi connectivity index (χ1) is 14.7. The Bertz CT molecular complexity index is 860. The molecule has 0 saturated carbocycles. The van der Waals surface area contributed by atoms with Crippen LogP contribution in [0, 0.1) is 0 Å². The third-order valence-corrected chi connectivity index (χ3v) is 5.02. The number of esters is 1. The van der Waals surface area contributed by atoms with Crippen LogP contribution in [0.2, 0.25) is 0 Å². The zero-order valence-electron chi connectivity index (χ0n) is 16.8. The molecule has 0 bridgehead atoms. The maximum absolute atomic E-state index is 12.0. The van der Waals surface area contributed by atoms with E-state index in [9.17, 15) is 4.79 Å². The zero-order chi connectivity index (χ0) is 21.2. The molecule has 0 aliphatic carbocycles. The molecule has 2 aromatic carbocycles. The second-order valence-electron chi connectivity index (χ2n) is 6.75. The van der Waals surface area contributed by atoms with Gasteiger partial charge in [-0.2, -0.15) is 12.6 Å². The fraction of sp³-hybridized carbons (Fsp3) is 0.304. The summed E-state index contributed by atoms with van der Waals surface area (Å²) in [5, 5.41) is 4.25. The Kier molecular flexibility index (Phi) is 8.35. The molecule has 30 heavy (non-hydrogen) atoms. The van der Waals surface area contributed by atoms with E-state index < -0.39 is 5.97 Å². The SMILES string of the molecule is C=Cc1ccc(COC(=O)CO/N=C(/c2ccc(CS)cc2)N2CCOCC2)cc1. The van der Waals surface area contributed by atoms with Crippen molar-refractivity contribution in [3.63, 3.8) is 0 Å². The van der Waals surface area contributed by atoms with Crippen LogP contribution in [-0.2, 0) is 31.5 Å². The van der Waals surface area contributed by atoms with Crippen LogP contribution in [0.5, 0.6) is 0 Å². The third kappa shape index (κ3) is 6.37. The molecule has 1 aliphatic heterocycles. The van der Waals surface area contributed by atoms with Gasteiger partial charge in [0, 0.05) is 24.4 Å². The Morgan fingerprint density at radius 3 is 2.40 bits per heavy atom. The number of nitrogens with zero attached hydrogens (tertiary/aromatic N) is 2. The Morgan fingerprint density at radius 1 is 1.10 bits per heavy atom. The van der Waals surface area contributed by atoms with Gasteiger partial charge in [-0.1, -0.05) is 66.3 Å². The fourth-order valence-electron chi connectivity index (χ4n) is 2.93. The molecule has 158 valence electrons. The van der Waals surface area contributed by atoms with Gasteiger partial charge in [-0.15, -0.1) is 0 Å². The average molecular weight is 427 g/mol. The summed E-state index contributed by atoms with van der Waals surface area (Å²) in [6.45, 7) is 6.32. The Morgan fingerprint density at radius 2 is 1.77 bits per heavy atom. The third-order valence-electron chi connectivity index (χ3n) is 4.65. The zero-order valence-corrected chi connectivity index (χ0v) is 17.7. The van der Waals surface area contributed by atoms with Crippen molar-refractivity contribution < 1.29 is 19.1 Å². The van der Waals surface area contributed by atoms with Crippen LogP contribution in [0.1, 0.15) is 22.3 Å². The Hall–Kier alpha value is -2.77. The van der Waals surface area contributed by atoms with Crippen LogP contribution in [0.15, 0.2) is 60.3 Å². The molecule has 0 radical (unpaired) electrons. The maximum Gasteiger partial charge on any atom is 0.347 e. The number of benzene rings is 2. The molecule has 6 nitrogen and oxygen atoms in total. The quantitative estimate of drug-likeness (QED) is 0.230. The molecule has 1 fully saturated rings. The number of hydrogen-bond acceptors (Lipinski definition) is 6. The van der Waals surface area contributed by atoms with Gasteiger partial charge in [0.05, 0.1) is 13.2 Å². The van der Waals surface area contributed by atoms with Crippen molar-refractivity contribution >= 4 is 30.5 Å². The molecule has 3 rings (SSSR count). The minimum atomic E-state index is -0.474. The molecule has 0 N–H and O–H groups in total. The average Bonchev–Trinajstić information content (AvgIpc) is 2.81. The summed E-state index contributed by atoms with van der Waals surface area (Å²) < 4.78 is 10.7. The van der Waals surface area contributed by atoms with Crippen molar-refractivity contribution in [2.75, 3.05) is 32.9 Å². The minimum Gasteiger partial charge on any atom is -0.458 e. The molecule has 1 saturated heterocycles. The summed E-state index contributed by atoms with van der Waals surface area (Å²) in [6, 6.07) is 15.6. The number of amidine groups is 1. The fourth-order valence-corrected chi connectivity index (χ4v) is 3.14. The smallest absolute Gasteiger partial charge is 0.347 e. The van der Waals surface area contributed by atoms with Crippen molar-refractivity contribution in [3.05, 3.63) is 77.4 Å². The molecule has 0 unspecified atom stereocenters. The maximum atomic E-state index is 12.0. The summed E-state index contributed by atoms with van der Waals surface area (Å²) >= 11 is 4.30. The number of oxime groups is 1. The number of rotatable bonds is 8. The molecule has 0 aromatic heterocycles. The first kappa shape index (κ1) is 21.9. The molecule has 1 heterocycles. The van der Waals surface area contributed by atoms with Gasteiger partial charge in [0.1, 0.15) is 6.61 Å². The topological polar surface area (TPSA) is 60.4 Å². The molecule has 1 aliphatic rings. The van der Waals surface area contributed by atoms with E-state index >= 15 is 0 Å². The van der Waals surface area contributed by atoms with Gasteiger partial charge in [0.25, 0.3) is 0 Å². The van der Waals surface area contributed by atoms with E-state index in [4.69, 9.17) is 14.3 Å². The summed E-state index contributed by atoms with van der Waals surface area (Å²) in [5.41, 5.74) is 3.95. The lowest BCUT2D eigenvalue weighted by molar-refractivity contribution is -0.150. The molecule has 0 spiro atoms. The lowest BCUT2D eigenvalue weighted by Crippen LogP contribution is -2.41. The molecular formula is C23H26N2O4S. The van der Waals surface area contributed by atoms with Crippen LogP contribution in [0.3, 0.4) is 0 Å². The normalized spacial score (nSPS) is 14.3. The van der Waals surface area contributed by atoms with E-state index in [0.29, 0.717) is 37.9 Å². The summed E-state index contributed by atoms with van der Waals surface area (Å²) in [6.07, 6.45) is 1.76. The van der Waals surface area contributed by atoms with Gasteiger partial charge >= 0.3 is 5.97 Å². The highest BCUT2D eigenvalue weighted by molar-refractivity contribution is 7.79. The van der Waals surface area contributed by atoms with E-state index in [0.717, 1.165) is 22.3 Å². The second kappa shape index (κ2) is 11.4. The predicted molar refractivity (Wildman–Crippen MR) is 120 cm³/mol. The van der Waals surface area contributed by atoms with E-state index in [1.54, 1.807) is 6.08 Å². The molecule has 0 atom stereocenters. The van der Waals surface area contributed by atoms with Crippen LogP contribution in [0.25, 0.3) is 6.08 Å². The minimum absolute atomic E-state index is 0.185. The van der Waals surface area contributed by atoms with Gasteiger partial charge in [0.15, 0.2) is 5.84 Å². The van der Waals surface area contributed by atoms with E-state index in [1.807, 2.05) is 48.5 Å². The van der Waals surface area contributed by atoms with E-state index in [-0.39, 0.29) is 13.2 Å². The first-order valence-corrected chi connectivity index (χ1v) is 10.4. The number of carbonyl (C=O) groups excluding carboxylic acids is 1. The van der Waals surface area contributed by atoms with Crippen LogP contribution < -0.4 is 0 Å². The van der Waals surface area contributed by atoms with Crippen molar-refractivity contribution in [2.24, 2.45) is 5.16 Å². The summed E-state index contributed by atoms with van der Waals surface area (Å²) in [5.74, 6) is 0.873. The van der Waals surface area contributed by atoms with Gasteiger partial charge in [0.2, 0.25) is 6.61 Å². The van der Waals surface area contributed by atoms with Crippen molar-refractivity contribution in [1.29, 1.82) is 0 Å². The summed E-state index contributed by atoms with van der Waals surface area (Å²) in [7, 11) is 0.